The van der Waals surface area contributed by atoms with Crippen LogP contribution in [0.3, 0.4) is 0 Å². The number of amides is 2. The van der Waals surface area contributed by atoms with Crippen LogP contribution in [-0.2, 0) is 9.53 Å². The van der Waals surface area contributed by atoms with E-state index in [2.05, 4.69) is 15.6 Å². The summed E-state index contributed by atoms with van der Waals surface area (Å²) in [5.41, 5.74) is 2.93. The Morgan fingerprint density at radius 3 is 2.52 bits per heavy atom. The number of carbonyl (C=O) groups is 2. The molecule has 1 unspecified atom stereocenters. The van der Waals surface area contributed by atoms with Crippen LogP contribution >= 0.6 is 0 Å². The van der Waals surface area contributed by atoms with Crippen LogP contribution in [0.5, 0.6) is 0 Å². The maximum atomic E-state index is 12.5. The lowest BCUT2D eigenvalue weighted by molar-refractivity contribution is -0.117. The normalized spacial score (nSPS) is 16.4. The second kappa shape index (κ2) is 7.17. The van der Waals surface area contributed by atoms with Crippen molar-refractivity contribution in [1.82, 2.24) is 5.32 Å². The fraction of sp³-hybridized carbons (Fsp3) is 0.211. The number of benzodiazepines with no additional fused rings is 1. The van der Waals surface area contributed by atoms with E-state index < -0.39 is 18.2 Å². The molecule has 1 aliphatic rings. The number of anilines is 1. The van der Waals surface area contributed by atoms with E-state index in [4.69, 9.17) is 4.74 Å². The maximum absolute atomic E-state index is 12.5. The summed E-state index contributed by atoms with van der Waals surface area (Å²) in [5, 5.41) is 5.32. The van der Waals surface area contributed by atoms with Gasteiger partial charge in [0.15, 0.2) is 0 Å². The number of nitrogens with zero attached hydrogens (tertiary/aromatic N) is 1. The van der Waals surface area contributed by atoms with Crippen LogP contribution in [0, 0.1) is 0 Å². The molecule has 6 nitrogen and oxygen atoms in total. The van der Waals surface area contributed by atoms with Gasteiger partial charge in [0, 0.05) is 11.1 Å². The third-order valence-electron chi connectivity index (χ3n) is 3.59. The van der Waals surface area contributed by atoms with E-state index in [1.807, 2.05) is 48.5 Å². The standard InChI is InChI=1S/C19H19N3O3/c1-12(2)25-19(24)22-17-18(23)20-15-11-7-6-10-14(15)16(21-17)13-8-4-3-5-9-13/h3-12,17H,1-2H3,(H,20,23)(H,22,24). The molecule has 3 rings (SSSR count). The van der Waals surface area contributed by atoms with Crippen molar-refractivity contribution in [1.29, 1.82) is 0 Å². The van der Waals surface area contributed by atoms with Crippen LogP contribution in [-0.4, -0.2) is 30.0 Å². The molecule has 2 N–H and O–H groups in total. The molecule has 1 atom stereocenters. The summed E-state index contributed by atoms with van der Waals surface area (Å²) in [6, 6.07) is 16.9. The van der Waals surface area contributed by atoms with E-state index >= 15 is 0 Å². The highest BCUT2D eigenvalue weighted by Crippen LogP contribution is 2.23. The fourth-order valence-corrected chi connectivity index (χ4v) is 2.54. The monoisotopic (exact) mass is 337 g/mol. The average Bonchev–Trinajstić information content (AvgIpc) is 2.72. The molecule has 2 aromatic carbocycles. The van der Waals surface area contributed by atoms with Crippen molar-refractivity contribution in [3.05, 3.63) is 65.7 Å². The number of hydrogen-bond donors (Lipinski definition) is 2. The Morgan fingerprint density at radius 1 is 1.12 bits per heavy atom. The minimum Gasteiger partial charge on any atom is -0.447 e. The van der Waals surface area contributed by atoms with Crippen LogP contribution in [0.4, 0.5) is 10.5 Å². The first-order valence-corrected chi connectivity index (χ1v) is 8.05. The Hall–Kier alpha value is -3.15. The molecule has 6 heteroatoms. The van der Waals surface area contributed by atoms with Crippen LogP contribution in [0.25, 0.3) is 0 Å². The molecule has 25 heavy (non-hydrogen) atoms. The predicted octanol–water partition coefficient (Wildman–Crippen LogP) is 2.94. The molecule has 2 amide bonds. The molecular formula is C19H19N3O3. The minimum atomic E-state index is -1.08. The van der Waals surface area contributed by atoms with Gasteiger partial charge in [0.1, 0.15) is 0 Å². The van der Waals surface area contributed by atoms with Gasteiger partial charge in [0.05, 0.1) is 17.5 Å². The van der Waals surface area contributed by atoms with Gasteiger partial charge < -0.3 is 10.1 Å². The van der Waals surface area contributed by atoms with Crippen LogP contribution in [0.15, 0.2) is 59.6 Å². The molecule has 0 aliphatic carbocycles. The second-order valence-electron chi connectivity index (χ2n) is 5.88. The average molecular weight is 337 g/mol. The summed E-state index contributed by atoms with van der Waals surface area (Å²) in [4.78, 5) is 28.9. The third kappa shape index (κ3) is 3.85. The number of carbonyl (C=O) groups excluding carboxylic acids is 2. The fourth-order valence-electron chi connectivity index (χ4n) is 2.54. The number of fused-ring (bicyclic) bond motifs is 1. The van der Waals surface area contributed by atoms with Gasteiger partial charge in [-0.1, -0.05) is 48.5 Å². The molecule has 0 saturated carbocycles. The van der Waals surface area contributed by atoms with Crippen molar-refractivity contribution < 1.29 is 14.3 Å². The summed E-state index contributed by atoms with van der Waals surface area (Å²) in [6.07, 6.45) is -2.05. The Kier molecular flexibility index (Phi) is 4.79. The van der Waals surface area contributed by atoms with Crippen molar-refractivity contribution in [2.24, 2.45) is 4.99 Å². The number of para-hydroxylation sites is 1. The zero-order chi connectivity index (χ0) is 17.8. The number of alkyl carbamates (subject to hydrolysis) is 1. The zero-order valence-electron chi connectivity index (χ0n) is 14.0. The van der Waals surface area contributed by atoms with Gasteiger partial charge in [0.2, 0.25) is 6.17 Å². The number of aliphatic imine (C=N–C) groups is 1. The highest BCUT2D eigenvalue weighted by molar-refractivity contribution is 6.19. The lowest BCUT2D eigenvalue weighted by Crippen LogP contribution is -2.43. The van der Waals surface area contributed by atoms with Gasteiger partial charge in [-0.2, -0.15) is 0 Å². The highest BCUT2D eigenvalue weighted by Gasteiger charge is 2.27. The van der Waals surface area contributed by atoms with Gasteiger partial charge >= 0.3 is 6.09 Å². The van der Waals surface area contributed by atoms with E-state index in [0.29, 0.717) is 11.4 Å². The topological polar surface area (TPSA) is 79.8 Å². The molecule has 1 heterocycles. The summed E-state index contributed by atoms with van der Waals surface area (Å²) >= 11 is 0. The third-order valence-corrected chi connectivity index (χ3v) is 3.59. The molecule has 0 saturated heterocycles. The summed E-state index contributed by atoms with van der Waals surface area (Å²) in [5.74, 6) is -0.418. The molecule has 2 aromatic rings. The molecule has 1 aliphatic heterocycles. The smallest absolute Gasteiger partial charge is 0.409 e. The minimum absolute atomic E-state index is 0.288. The predicted molar refractivity (Wildman–Crippen MR) is 95.7 cm³/mol. The highest BCUT2D eigenvalue weighted by atomic mass is 16.6. The van der Waals surface area contributed by atoms with Gasteiger partial charge in [-0.3, -0.25) is 10.1 Å². The Bertz CT molecular complexity index is 816. The first-order valence-electron chi connectivity index (χ1n) is 8.05. The number of hydrogen-bond acceptors (Lipinski definition) is 4. The first kappa shape index (κ1) is 16.7. The molecule has 0 radical (unpaired) electrons. The van der Waals surface area contributed by atoms with Crippen molar-refractivity contribution in [2.75, 3.05) is 5.32 Å². The number of nitrogens with one attached hydrogen (secondary N) is 2. The van der Waals surface area contributed by atoms with Crippen molar-refractivity contribution >= 4 is 23.4 Å². The maximum Gasteiger partial charge on any atom is 0.409 e. The molecule has 128 valence electrons. The van der Waals surface area contributed by atoms with E-state index in [-0.39, 0.29) is 6.10 Å². The van der Waals surface area contributed by atoms with Gasteiger partial charge in [0.25, 0.3) is 5.91 Å². The quantitative estimate of drug-likeness (QED) is 0.904. The van der Waals surface area contributed by atoms with Crippen molar-refractivity contribution in [3.8, 4) is 0 Å². The Morgan fingerprint density at radius 2 is 1.80 bits per heavy atom. The second-order valence-corrected chi connectivity index (χ2v) is 5.88. The SMILES string of the molecule is CC(C)OC(=O)NC1N=C(c2ccccc2)c2ccccc2NC1=O. The van der Waals surface area contributed by atoms with E-state index in [1.54, 1.807) is 19.9 Å². The van der Waals surface area contributed by atoms with Crippen molar-refractivity contribution in [3.63, 3.8) is 0 Å². The van der Waals surface area contributed by atoms with Gasteiger partial charge in [-0.05, 0) is 19.9 Å². The molecule has 0 spiro atoms. The van der Waals surface area contributed by atoms with E-state index in [9.17, 15) is 9.59 Å². The molecular weight excluding hydrogens is 318 g/mol. The summed E-state index contributed by atoms with van der Waals surface area (Å²) in [6.45, 7) is 3.47. The van der Waals surface area contributed by atoms with Crippen LogP contribution in [0.2, 0.25) is 0 Å². The molecule has 0 bridgehead atoms. The summed E-state index contributed by atoms with van der Waals surface area (Å²) < 4.78 is 5.06. The zero-order valence-corrected chi connectivity index (χ0v) is 14.0. The Balaban J connectivity index is 2.01. The Labute approximate surface area is 145 Å². The molecule has 0 fully saturated rings. The molecule has 0 aromatic heterocycles. The largest absolute Gasteiger partial charge is 0.447 e. The van der Waals surface area contributed by atoms with Crippen molar-refractivity contribution in [2.45, 2.75) is 26.1 Å². The van der Waals surface area contributed by atoms with Crippen LogP contribution < -0.4 is 10.6 Å². The lowest BCUT2D eigenvalue weighted by Gasteiger charge is -2.14. The van der Waals surface area contributed by atoms with E-state index in [1.165, 1.54) is 0 Å². The lowest BCUT2D eigenvalue weighted by atomic mass is 10.0. The summed E-state index contributed by atoms with van der Waals surface area (Å²) in [7, 11) is 0. The number of rotatable bonds is 3. The van der Waals surface area contributed by atoms with Gasteiger partial charge in [-0.15, -0.1) is 0 Å². The van der Waals surface area contributed by atoms with Crippen LogP contribution in [0.1, 0.15) is 25.0 Å². The number of benzene rings is 2. The van der Waals surface area contributed by atoms with E-state index in [0.717, 1.165) is 11.1 Å². The first-order chi connectivity index (χ1) is 12.0. The number of ether oxygens (including phenoxy) is 1. The van der Waals surface area contributed by atoms with Gasteiger partial charge in [-0.25, -0.2) is 9.79 Å².